The van der Waals surface area contributed by atoms with Gasteiger partial charge < -0.3 is 0 Å². The molecule has 0 aliphatic heterocycles. The third-order valence-electron chi connectivity index (χ3n) is 6.20. The predicted octanol–water partition coefficient (Wildman–Crippen LogP) is 6.88. The fourth-order valence-electron chi connectivity index (χ4n) is 4.87. The van der Waals surface area contributed by atoms with Crippen molar-refractivity contribution in [2.45, 2.75) is 74.7 Å². The van der Waals surface area contributed by atoms with Crippen molar-refractivity contribution in [1.29, 1.82) is 0 Å². The molecule has 0 bridgehead atoms. The third-order valence-corrected chi connectivity index (χ3v) is 6.20. The van der Waals surface area contributed by atoms with Gasteiger partial charge in [0.05, 0.1) is 0 Å². The first-order chi connectivity index (χ1) is 13.0. The summed E-state index contributed by atoms with van der Waals surface area (Å²) in [5.41, 5.74) is 1.46. The van der Waals surface area contributed by atoms with E-state index in [0.717, 1.165) is 19.3 Å². The van der Waals surface area contributed by atoms with E-state index in [2.05, 4.69) is 59.8 Å². The van der Waals surface area contributed by atoms with Crippen LogP contribution < -0.4 is 0 Å². The first-order valence-electron chi connectivity index (χ1n) is 10.6. The van der Waals surface area contributed by atoms with Crippen molar-refractivity contribution in [3.63, 3.8) is 0 Å². The van der Waals surface area contributed by atoms with Crippen molar-refractivity contribution in [2.75, 3.05) is 0 Å². The zero-order valence-electron chi connectivity index (χ0n) is 19.2. The number of ketones is 2. The van der Waals surface area contributed by atoms with Crippen molar-refractivity contribution in [2.24, 2.45) is 28.6 Å². The van der Waals surface area contributed by atoms with Crippen LogP contribution in [0.3, 0.4) is 0 Å². The van der Waals surface area contributed by atoms with Crippen LogP contribution in [0.25, 0.3) is 0 Å². The van der Waals surface area contributed by atoms with Gasteiger partial charge in [-0.25, -0.2) is 0 Å². The minimum atomic E-state index is 0.0902. The Balaban J connectivity index is 0.000000280. The Labute approximate surface area is 172 Å². The van der Waals surface area contributed by atoms with E-state index in [-0.39, 0.29) is 34.2 Å². The normalized spacial score (nSPS) is 28.6. The van der Waals surface area contributed by atoms with Crippen molar-refractivity contribution >= 4 is 11.6 Å². The smallest absolute Gasteiger partial charge is 0.162 e. The van der Waals surface area contributed by atoms with E-state index in [1.54, 1.807) is 12.2 Å². The average Bonchev–Trinajstić information content (AvgIpc) is 2.54. The molecule has 0 aromatic heterocycles. The van der Waals surface area contributed by atoms with Crippen LogP contribution >= 0.6 is 0 Å². The lowest BCUT2D eigenvalue weighted by molar-refractivity contribution is -0.123. The quantitative estimate of drug-likeness (QED) is 0.391. The molecule has 3 unspecified atom stereocenters. The van der Waals surface area contributed by atoms with Gasteiger partial charge in [-0.3, -0.25) is 9.59 Å². The lowest BCUT2D eigenvalue weighted by Crippen LogP contribution is -2.36. The molecule has 2 aliphatic rings. The second kappa shape index (κ2) is 10.2. The minimum absolute atomic E-state index is 0.0902. The second-order valence-corrected chi connectivity index (χ2v) is 9.67. The SMILES string of the molecule is CC=CC(=O)C1C(C)=CCCC1(C)C.CC=CC(=O)C1C(C)C=CCC1(C)C. The highest BCUT2D eigenvalue weighted by atomic mass is 16.1. The molecule has 0 N–H and O–H groups in total. The van der Waals surface area contributed by atoms with E-state index in [4.69, 9.17) is 0 Å². The maximum absolute atomic E-state index is 11.9. The van der Waals surface area contributed by atoms with Gasteiger partial charge >= 0.3 is 0 Å². The van der Waals surface area contributed by atoms with Crippen LogP contribution in [0.15, 0.2) is 48.1 Å². The fraction of sp³-hybridized carbons (Fsp3) is 0.615. The molecule has 2 heteroatoms. The van der Waals surface area contributed by atoms with Gasteiger partial charge in [0, 0.05) is 11.8 Å². The predicted molar refractivity (Wildman–Crippen MR) is 120 cm³/mol. The van der Waals surface area contributed by atoms with Crippen molar-refractivity contribution in [3.8, 4) is 0 Å². The van der Waals surface area contributed by atoms with Gasteiger partial charge in [-0.2, -0.15) is 0 Å². The molecule has 3 atom stereocenters. The van der Waals surface area contributed by atoms with Crippen molar-refractivity contribution in [1.82, 2.24) is 0 Å². The first-order valence-corrected chi connectivity index (χ1v) is 10.6. The highest BCUT2D eigenvalue weighted by molar-refractivity contribution is 5.94. The number of hydrogen-bond donors (Lipinski definition) is 0. The average molecular weight is 385 g/mol. The Morgan fingerprint density at radius 2 is 1.57 bits per heavy atom. The molecule has 2 nitrogen and oxygen atoms in total. The molecule has 0 fully saturated rings. The summed E-state index contributed by atoms with van der Waals surface area (Å²) in [6.07, 6.45) is 16.9. The molecule has 156 valence electrons. The number of carbonyl (C=O) groups excluding carboxylic acids is 2. The summed E-state index contributed by atoms with van der Waals surface area (Å²) in [4.78, 5) is 23.8. The van der Waals surface area contributed by atoms with E-state index in [1.807, 2.05) is 26.0 Å². The molecular weight excluding hydrogens is 344 g/mol. The largest absolute Gasteiger partial charge is 0.295 e. The Morgan fingerprint density at radius 3 is 2.07 bits per heavy atom. The minimum Gasteiger partial charge on any atom is -0.295 e. The Morgan fingerprint density at radius 1 is 1.00 bits per heavy atom. The molecule has 28 heavy (non-hydrogen) atoms. The van der Waals surface area contributed by atoms with E-state index >= 15 is 0 Å². The number of carbonyl (C=O) groups is 2. The maximum Gasteiger partial charge on any atom is 0.162 e. The van der Waals surface area contributed by atoms with Gasteiger partial charge in [-0.05, 0) is 68.9 Å². The summed E-state index contributed by atoms with van der Waals surface area (Å²) >= 11 is 0. The summed E-state index contributed by atoms with van der Waals surface area (Å²) in [6, 6.07) is 0. The number of allylic oxidation sites excluding steroid dienone is 8. The molecular formula is C26H40O2. The van der Waals surface area contributed by atoms with E-state index in [9.17, 15) is 9.59 Å². The van der Waals surface area contributed by atoms with E-state index in [0.29, 0.717) is 5.92 Å². The summed E-state index contributed by atoms with van der Waals surface area (Å²) in [7, 11) is 0. The van der Waals surface area contributed by atoms with Crippen LogP contribution in [-0.4, -0.2) is 11.6 Å². The van der Waals surface area contributed by atoms with Crippen LogP contribution in [0.4, 0.5) is 0 Å². The summed E-state index contributed by atoms with van der Waals surface area (Å²) in [5.74, 6) is 1.12. The highest BCUT2D eigenvalue weighted by Crippen LogP contribution is 2.42. The van der Waals surface area contributed by atoms with Gasteiger partial charge in [-0.15, -0.1) is 0 Å². The Bertz CT molecular complexity index is 669. The maximum atomic E-state index is 11.9. The Hall–Kier alpha value is -1.70. The van der Waals surface area contributed by atoms with Crippen LogP contribution in [0.5, 0.6) is 0 Å². The zero-order chi connectivity index (χ0) is 21.5. The molecule has 2 rings (SSSR count). The molecule has 0 amide bonds. The van der Waals surface area contributed by atoms with Gasteiger partial charge in [0.2, 0.25) is 0 Å². The van der Waals surface area contributed by atoms with Gasteiger partial charge in [0.15, 0.2) is 11.6 Å². The van der Waals surface area contributed by atoms with Gasteiger partial charge in [-0.1, -0.05) is 70.6 Å². The van der Waals surface area contributed by atoms with E-state index in [1.165, 1.54) is 5.57 Å². The zero-order valence-corrected chi connectivity index (χ0v) is 19.2. The molecule has 0 saturated carbocycles. The summed E-state index contributed by atoms with van der Waals surface area (Å²) in [6.45, 7) is 16.7. The van der Waals surface area contributed by atoms with Gasteiger partial charge in [0.1, 0.15) is 0 Å². The molecule has 0 saturated heterocycles. The fourth-order valence-corrected chi connectivity index (χ4v) is 4.87. The highest BCUT2D eigenvalue weighted by Gasteiger charge is 2.38. The van der Waals surface area contributed by atoms with Crippen LogP contribution in [0.2, 0.25) is 0 Å². The molecule has 0 aromatic rings. The monoisotopic (exact) mass is 384 g/mol. The van der Waals surface area contributed by atoms with Crippen LogP contribution in [-0.2, 0) is 9.59 Å². The standard InChI is InChI=1S/2C13H20O/c2*1-5-7-11(14)12-10(2)8-6-9-13(12,3)4/h5,7-8,12H,6,9H2,1-4H3;5-8,10,12H,9H2,1-4H3. The molecule has 0 heterocycles. The lowest BCUT2D eigenvalue weighted by atomic mass is 9.65. The number of rotatable bonds is 4. The molecule has 0 radical (unpaired) electrons. The summed E-state index contributed by atoms with van der Waals surface area (Å²) < 4.78 is 0. The number of hydrogen-bond acceptors (Lipinski definition) is 2. The van der Waals surface area contributed by atoms with Crippen molar-refractivity contribution in [3.05, 3.63) is 48.1 Å². The molecule has 0 aromatic carbocycles. The topological polar surface area (TPSA) is 34.1 Å². The third kappa shape index (κ3) is 6.15. The summed E-state index contributed by atoms with van der Waals surface area (Å²) in [5, 5.41) is 0. The van der Waals surface area contributed by atoms with Crippen LogP contribution in [0, 0.1) is 28.6 Å². The first kappa shape index (κ1) is 24.3. The van der Waals surface area contributed by atoms with Crippen molar-refractivity contribution < 1.29 is 9.59 Å². The van der Waals surface area contributed by atoms with Crippen LogP contribution in [0.1, 0.15) is 74.7 Å². The molecule has 0 spiro atoms. The lowest BCUT2D eigenvalue weighted by Gasteiger charge is -2.38. The van der Waals surface area contributed by atoms with Gasteiger partial charge in [0.25, 0.3) is 0 Å². The Kier molecular flexibility index (Phi) is 8.85. The second-order valence-electron chi connectivity index (χ2n) is 9.67. The van der Waals surface area contributed by atoms with E-state index < -0.39 is 0 Å². The molecule has 2 aliphatic carbocycles.